The largest absolute Gasteiger partial charge is 0.497 e. The summed E-state index contributed by atoms with van der Waals surface area (Å²) in [6, 6.07) is 14.7. The number of hydrogen-bond acceptors (Lipinski definition) is 4. The van der Waals surface area contributed by atoms with Gasteiger partial charge < -0.3 is 9.47 Å². The summed E-state index contributed by atoms with van der Waals surface area (Å²) in [6.45, 7) is 2.52. The quantitative estimate of drug-likeness (QED) is 0.376. The zero-order chi connectivity index (χ0) is 19.2. The van der Waals surface area contributed by atoms with Crippen LogP contribution >= 0.6 is 11.6 Å². The van der Waals surface area contributed by atoms with Gasteiger partial charge >= 0.3 is 5.97 Å². The minimum Gasteiger partial charge on any atom is -0.497 e. The summed E-state index contributed by atoms with van der Waals surface area (Å²) in [6.07, 6.45) is 2.97. The van der Waals surface area contributed by atoms with E-state index in [1.54, 1.807) is 19.2 Å². The van der Waals surface area contributed by atoms with Crippen molar-refractivity contribution in [1.82, 2.24) is 4.98 Å². The van der Waals surface area contributed by atoms with Crippen LogP contribution in [-0.2, 0) is 4.74 Å². The molecule has 0 bridgehead atoms. The summed E-state index contributed by atoms with van der Waals surface area (Å²) in [5.74, 6) is 0.406. The number of pyridine rings is 1. The highest BCUT2D eigenvalue weighted by atomic mass is 35.5. The molecule has 5 heteroatoms. The number of carbonyl (C=O) groups is 1. The Balaban J connectivity index is 2.02. The van der Waals surface area contributed by atoms with Crippen LogP contribution in [0.2, 0.25) is 5.02 Å². The fourth-order valence-electron chi connectivity index (χ4n) is 2.89. The number of methoxy groups -OCH3 is 1. The maximum Gasteiger partial charge on any atom is 0.338 e. The molecular formula is C22H22ClNO3. The molecule has 0 aliphatic carbocycles. The molecule has 27 heavy (non-hydrogen) atoms. The predicted octanol–water partition coefficient (Wildman–Crippen LogP) is 5.91. The average molecular weight is 384 g/mol. The minimum absolute atomic E-state index is 0.351. The van der Waals surface area contributed by atoms with E-state index < -0.39 is 0 Å². The van der Waals surface area contributed by atoms with Crippen LogP contribution in [0.1, 0.15) is 36.5 Å². The van der Waals surface area contributed by atoms with Gasteiger partial charge in [-0.15, -0.1) is 0 Å². The number of hydrogen-bond donors (Lipinski definition) is 0. The Morgan fingerprint density at radius 1 is 1.11 bits per heavy atom. The Kier molecular flexibility index (Phi) is 6.30. The van der Waals surface area contributed by atoms with E-state index in [0.29, 0.717) is 33.8 Å². The van der Waals surface area contributed by atoms with Gasteiger partial charge in [-0.3, -0.25) is 0 Å². The molecule has 0 amide bonds. The van der Waals surface area contributed by atoms with E-state index in [9.17, 15) is 4.79 Å². The molecule has 0 spiro atoms. The maximum absolute atomic E-state index is 12.7. The monoisotopic (exact) mass is 383 g/mol. The molecule has 0 saturated heterocycles. The van der Waals surface area contributed by atoms with Crippen LogP contribution in [-0.4, -0.2) is 24.7 Å². The van der Waals surface area contributed by atoms with Gasteiger partial charge in [0, 0.05) is 10.9 Å². The van der Waals surface area contributed by atoms with Crippen molar-refractivity contribution in [1.29, 1.82) is 0 Å². The topological polar surface area (TPSA) is 48.4 Å². The fourth-order valence-corrected chi connectivity index (χ4v) is 3.10. The van der Waals surface area contributed by atoms with Crippen LogP contribution in [0.25, 0.3) is 22.2 Å². The van der Waals surface area contributed by atoms with E-state index in [1.807, 2.05) is 36.4 Å². The molecule has 0 N–H and O–H groups in total. The van der Waals surface area contributed by atoms with Crippen molar-refractivity contribution in [2.45, 2.75) is 26.2 Å². The summed E-state index contributed by atoms with van der Waals surface area (Å²) < 4.78 is 10.7. The SMILES string of the molecule is CCCCCOC(=O)c1cc(-c2ccc(OC)cc2)nc2c(Cl)cccc12. The number of halogens is 1. The number of esters is 1. The lowest BCUT2D eigenvalue weighted by Crippen LogP contribution is -2.08. The third-order valence-electron chi connectivity index (χ3n) is 4.38. The number of rotatable bonds is 7. The summed E-state index contributed by atoms with van der Waals surface area (Å²) in [7, 11) is 1.62. The molecule has 3 rings (SSSR count). The maximum atomic E-state index is 12.7. The first-order valence-corrected chi connectivity index (χ1v) is 9.42. The second kappa shape index (κ2) is 8.87. The molecule has 0 radical (unpaired) electrons. The van der Waals surface area contributed by atoms with Gasteiger partial charge in [0.15, 0.2) is 0 Å². The van der Waals surface area contributed by atoms with Gasteiger partial charge in [0.25, 0.3) is 0 Å². The lowest BCUT2D eigenvalue weighted by molar-refractivity contribution is 0.0500. The van der Waals surface area contributed by atoms with Crippen molar-refractivity contribution >= 4 is 28.5 Å². The van der Waals surface area contributed by atoms with E-state index >= 15 is 0 Å². The van der Waals surface area contributed by atoms with Gasteiger partial charge in [0.05, 0.1) is 35.5 Å². The molecule has 0 aliphatic rings. The molecule has 0 atom stereocenters. The minimum atomic E-state index is -0.351. The van der Waals surface area contributed by atoms with E-state index in [4.69, 9.17) is 21.1 Å². The van der Waals surface area contributed by atoms with E-state index in [-0.39, 0.29) is 5.97 Å². The molecule has 1 aromatic heterocycles. The standard InChI is InChI=1S/C22H22ClNO3/c1-3-4-5-13-27-22(25)18-14-20(15-9-11-16(26-2)12-10-15)24-21-17(18)7-6-8-19(21)23/h6-12,14H,3-5,13H2,1-2H3. The fraction of sp³-hybridized carbons (Fsp3) is 0.273. The van der Waals surface area contributed by atoms with Crippen molar-refractivity contribution in [3.8, 4) is 17.0 Å². The smallest absolute Gasteiger partial charge is 0.338 e. The lowest BCUT2D eigenvalue weighted by atomic mass is 10.0. The van der Waals surface area contributed by atoms with Crippen molar-refractivity contribution in [2.24, 2.45) is 0 Å². The van der Waals surface area contributed by atoms with Gasteiger partial charge in [-0.25, -0.2) is 9.78 Å². The summed E-state index contributed by atoms with van der Waals surface area (Å²) in [5, 5.41) is 1.20. The second-order valence-corrected chi connectivity index (χ2v) is 6.67. The van der Waals surface area contributed by atoms with Crippen LogP contribution in [0, 0.1) is 0 Å². The van der Waals surface area contributed by atoms with Crippen molar-refractivity contribution in [3.05, 3.63) is 59.1 Å². The van der Waals surface area contributed by atoms with Crippen molar-refractivity contribution in [3.63, 3.8) is 0 Å². The Labute approximate surface area is 164 Å². The Morgan fingerprint density at radius 2 is 1.89 bits per heavy atom. The Bertz CT molecular complexity index is 938. The summed E-state index contributed by atoms with van der Waals surface area (Å²) in [5.41, 5.74) is 2.61. The highest BCUT2D eigenvalue weighted by molar-refractivity contribution is 6.35. The molecule has 0 aliphatic heterocycles. The van der Waals surface area contributed by atoms with E-state index in [2.05, 4.69) is 11.9 Å². The number of nitrogens with zero attached hydrogens (tertiary/aromatic N) is 1. The Morgan fingerprint density at radius 3 is 2.59 bits per heavy atom. The second-order valence-electron chi connectivity index (χ2n) is 6.26. The van der Waals surface area contributed by atoms with Gasteiger partial charge in [-0.1, -0.05) is 43.5 Å². The van der Waals surface area contributed by atoms with Crippen molar-refractivity contribution < 1.29 is 14.3 Å². The first-order valence-electron chi connectivity index (χ1n) is 9.05. The van der Waals surface area contributed by atoms with E-state index in [1.165, 1.54) is 0 Å². The Hall–Kier alpha value is -2.59. The normalized spacial score (nSPS) is 10.8. The predicted molar refractivity (Wildman–Crippen MR) is 109 cm³/mol. The number of aromatic nitrogens is 1. The molecule has 140 valence electrons. The highest BCUT2D eigenvalue weighted by Gasteiger charge is 2.16. The summed E-state index contributed by atoms with van der Waals surface area (Å²) >= 11 is 6.35. The third kappa shape index (κ3) is 4.40. The molecule has 2 aromatic carbocycles. The van der Waals surface area contributed by atoms with Gasteiger partial charge in [0.1, 0.15) is 5.75 Å². The zero-order valence-corrected chi connectivity index (χ0v) is 16.3. The number of fused-ring (bicyclic) bond motifs is 1. The molecule has 0 fully saturated rings. The molecule has 4 nitrogen and oxygen atoms in total. The highest BCUT2D eigenvalue weighted by Crippen LogP contribution is 2.30. The van der Waals surface area contributed by atoms with Crippen LogP contribution < -0.4 is 4.74 Å². The summed E-state index contributed by atoms with van der Waals surface area (Å²) in [4.78, 5) is 17.4. The number of carbonyl (C=O) groups excluding carboxylic acids is 1. The van der Waals surface area contributed by atoms with E-state index in [0.717, 1.165) is 30.6 Å². The zero-order valence-electron chi connectivity index (χ0n) is 15.5. The van der Waals surface area contributed by atoms with Crippen molar-refractivity contribution in [2.75, 3.05) is 13.7 Å². The van der Waals surface area contributed by atoms with Crippen LogP contribution in [0.4, 0.5) is 0 Å². The third-order valence-corrected chi connectivity index (χ3v) is 4.68. The molecule has 0 saturated carbocycles. The molecular weight excluding hydrogens is 362 g/mol. The van der Waals surface area contributed by atoms with Gasteiger partial charge in [0.2, 0.25) is 0 Å². The lowest BCUT2D eigenvalue weighted by Gasteiger charge is -2.11. The van der Waals surface area contributed by atoms with Gasteiger partial charge in [-0.05, 0) is 42.8 Å². The number of ether oxygens (including phenoxy) is 2. The molecule has 0 unspecified atom stereocenters. The molecule has 1 heterocycles. The first-order chi connectivity index (χ1) is 13.1. The number of unbranched alkanes of at least 4 members (excludes halogenated alkanes) is 2. The number of benzene rings is 2. The first kappa shape index (κ1) is 19.2. The van der Waals surface area contributed by atoms with Gasteiger partial charge in [-0.2, -0.15) is 0 Å². The van der Waals surface area contributed by atoms with Crippen LogP contribution in [0.5, 0.6) is 5.75 Å². The van der Waals surface area contributed by atoms with Crippen LogP contribution in [0.3, 0.4) is 0 Å². The van der Waals surface area contributed by atoms with Crippen LogP contribution in [0.15, 0.2) is 48.5 Å². The molecule has 3 aromatic rings. The average Bonchev–Trinajstić information content (AvgIpc) is 2.71. The number of para-hydroxylation sites is 1.